The van der Waals surface area contributed by atoms with Gasteiger partial charge in [0.2, 0.25) is 0 Å². The van der Waals surface area contributed by atoms with E-state index in [9.17, 15) is 13.5 Å². The molecule has 1 aliphatic carbocycles. The third-order valence-electron chi connectivity index (χ3n) is 6.92. The summed E-state index contributed by atoms with van der Waals surface area (Å²) >= 11 is 0. The molecule has 3 atom stereocenters. The molecule has 0 spiro atoms. The standard InChI is InChI=1S/C27H28N2O4S/c1-16-6-4-7-17(2)26(16)29-34(31,32)19-11-12-23-22(15-19)20-8-5-9-21(20)27(28-23)18-10-13-25(33-3)24(30)14-18/h4-8,10-15,20-21,27-30H,9H2,1-3H3. The number of para-hydroxylation sites is 1. The number of aromatic hydroxyl groups is 1. The third kappa shape index (κ3) is 3.80. The molecule has 0 bridgehead atoms. The van der Waals surface area contributed by atoms with Crippen molar-refractivity contribution in [1.82, 2.24) is 0 Å². The SMILES string of the molecule is COc1ccc(C2Nc3ccc(S(=O)(=O)Nc4c(C)cccc4C)cc3C3C=CCC32)cc1O. The number of aryl methyl sites for hydroxylation is 2. The molecule has 3 N–H and O–H groups in total. The molecule has 0 radical (unpaired) electrons. The van der Waals surface area contributed by atoms with Crippen LogP contribution in [0.2, 0.25) is 0 Å². The molecule has 0 saturated heterocycles. The minimum atomic E-state index is -3.75. The number of nitrogens with one attached hydrogen (secondary N) is 2. The molecule has 2 aliphatic rings. The molecule has 6 nitrogen and oxygen atoms in total. The van der Waals surface area contributed by atoms with Crippen LogP contribution in [0.25, 0.3) is 0 Å². The largest absolute Gasteiger partial charge is 0.504 e. The van der Waals surface area contributed by atoms with Gasteiger partial charge >= 0.3 is 0 Å². The predicted octanol–water partition coefficient (Wildman–Crippen LogP) is 5.64. The number of hydrogen-bond donors (Lipinski definition) is 3. The Morgan fingerprint density at radius 1 is 1.06 bits per heavy atom. The molecule has 0 fully saturated rings. The van der Waals surface area contributed by atoms with E-state index < -0.39 is 10.0 Å². The van der Waals surface area contributed by atoms with Crippen LogP contribution in [0, 0.1) is 19.8 Å². The Morgan fingerprint density at radius 2 is 1.82 bits per heavy atom. The number of allylic oxidation sites excluding steroid dienone is 2. The first kappa shape index (κ1) is 22.3. The highest BCUT2D eigenvalue weighted by atomic mass is 32.2. The van der Waals surface area contributed by atoms with Crippen LogP contribution in [0.5, 0.6) is 11.5 Å². The first-order valence-electron chi connectivity index (χ1n) is 11.3. The summed E-state index contributed by atoms with van der Waals surface area (Å²) in [6.45, 7) is 3.79. The van der Waals surface area contributed by atoms with Crippen LogP contribution in [-0.4, -0.2) is 20.6 Å². The molecule has 1 heterocycles. The Morgan fingerprint density at radius 3 is 2.53 bits per heavy atom. The summed E-state index contributed by atoms with van der Waals surface area (Å²) in [5.74, 6) is 0.840. The summed E-state index contributed by atoms with van der Waals surface area (Å²) in [5, 5.41) is 13.9. The monoisotopic (exact) mass is 476 g/mol. The average Bonchev–Trinajstić information content (AvgIpc) is 3.31. The fourth-order valence-corrected chi connectivity index (χ4v) is 6.38. The number of rotatable bonds is 5. The average molecular weight is 477 g/mol. The third-order valence-corrected chi connectivity index (χ3v) is 8.27. The topological polar surface area (TPSA) is 87.7 Å². The second-order valence-corrected chi connectivity index (χ2v) is 10.7. The van der Waals surface area contributed by atoms with Crippen LogP contribution in [0.4, 0.5) is 11.4 Å². The molecule has 176 valence electrons. The summed E-state index contributed by atoms with van der Waals surface area (Å²) in [7, 11) is -2.22. The van der Waals surface area contributed by atoms with Gasteiger partial charge in [0.1, 0.15) is 0 Å². The summed E-state index contributed by atoms with van der Waals surface area (Å²) in [6.07, 6.45) is 5.18. The van der Waals surface area contributed by atoms with Crippen LogP contribution >= 0.6 is 0 Å². The smallest absolute Gasteiger partial charge is 0.261 e. The van der Waals surface area contributed by atoms with E-state index in [1.807, 2.05) is 44.2 Å². The molecule has 3 aromatic rings. The predicted molar refractivity (Wildman–Crippen MR) is 134 cm³/mol. The van der Waals surface area contributed by atoms with E-state index in [2.05, 4.69) is 22.2 Å². The second-order valence-electron chi connectivity index (χ2n) is 9.03. The van der Waals surface area contributed by atoms with Crippen molar-refractivity contribution in [2.24, 2.45) is 5.92 Å². The maximum Gasteiger partial charge on any atom is 0.261 e. The van der Waals surface area contributed by atoms with Crippen molar-refractivity contribution in [3.8, 4) is 11.5 Å². The maximum absolute atomic E-state index is 13.3. The van der Waals surface area contributed by atoms with Crippen LogP contribution in [-0.2, 0) is 10.0 Å². The maximum atomic E-state index is 13.3. The van der Waals surface area contributed by atoms with Gasteiger partial charge in [-0.05, 0) is 78.8 Å². The van der Waals surface area contributed by atoms with Crippen molar-refractivity contribution in [3.05, 3.63) is 89.0 Å². The minimum absolute atomic E-state index is 0.0143. The van der Waals surface area contributed by atoms with Gasteiger partial charge in [0.05, 0.1) is 23.7 Å². The number of hydrogen-bond acceptors (Lipinski definition) is 5. The van der Waals surface area contributed by atoms with Gasteiger partial charge in [-0.25, -0.2) is 8.42 Å². The summed E-state index contributed by atoms with van der Waals surface area (Å²) < 4.78 is 34.5. The van der Waals surface area contributed by atoms with E-state index in [-0.39, 0.29) is 28.5 Å². The molecular formula is C27H28N2O4S. The van der Waals surface area contributed by atoms with Crippen molar-refractivity contribution < 1.29 is 18.3 Å². The van der Waals surface area contributed by atoms with E-state index in [4.69, 9.17) is 4.74 Å². The van der Waals surface area contributed by atoms with E-state index in [0.29, 0.717) is 11.4 Å². The van der Waals surface area contributed by atoms with Crippen LogP contribution in [0.3, 0.4) is 0 Å². The zero-order chi connectivity index (χ0) is 24.0. The Labute approximate surface area is 200 Å². The Balaban J connectivity index is 1.50. The normalized spacial score (nSPS) is 20.9. The van der Waals surface area contributed by atoms with Crippen molar-refractivity contribution in [2.45, 2.75) is 37.1 Å². The number of methoxy groups -OCH3 is 1. The lowest BCUT2D eigenvalue weighted by atomic mass is 9.77. The number of phenolic OH excluding ortho intramolecular Hbond substituents is 1. The number of fused-ring (bicyclic) bond motifs is 3. The molecule has 0 amide bonds. The van der Waals surface area contributed by atoms with Gasteiger partial charge in [0.15, 0.2) is 11.5 Å². The van der Waals surface area contributed by atoms with E-state index in [0.717, 1.165) is 34.4 Å². The van der Waals surface area contributed by atoms with Gasteiger partial charge in [-0.1, -0.05) is 36.4 Å². The highest BCUT2D eigenvalue weighted by molar-refractivity contribution is 7.92. The van der Waals surface area contributed by atoms with Gasteiger partial charge in [0, 0.05) is 11.6 Å². The van der Waals surface area contributed by atoms with Crippen LogP contribution in [0.15, 0.2) is 71.6 Å². The van der Waals surface area contributed by atoms with Gasteiger partial charge in [0.25, 0.3) is 10.0 Å². The second kappa shape index (κ2) is 8.40. The van der Waals surface area contributed by atoms with Crippen LogP contribution in [0.1, 0.15) is 40.6 Å². The minimum Gasteiger partial charge on any atom is -0.504 e. The van der Waals surface area contributed by atoms with Gasteiger partial charge in [-0.15, -0.1) is 0 Å². The zero-order valence-electron chi connectivity index (χ0n) is 19.4. The number of phenols is 1. The molecule has 3 aromatic carbocycles. The van der Waals surface area contributed by atoms with E-state index >= 15 is 0 Å². The Bertz CT molecular complexity index is 1380. The lowest BCUT2D eigenvalue weighted by molar-refractivity contribution is 0.371. The summed E-state index contributed by atoms with van der Waals surface area (Å²) in [4.78, 5) is 0.246. The van der Waals surface area contributed by atoms with E-state index in [1.165, 1.54) is 7.11 Å². The van der Waals surface area contributed by atoms with Crippen LogP contribution < -0.4 is 14.8 Å². The summed E-state index contributed by atoms with van der Waals surface area (Å²) in [6, 6.07) is 16.4. The van der Waals surface area contributed by atoms with E-state index in [1.54, 1.807) is 24.3 Å². The first-order chi connectivity index (χ1) is 16.3. The van der Waals surface area contributed by atoms with Crippen molar-refractivity contribution >= 4 is 21.4 Å². The number of ether oxygens (including phenoxy) is 1. The number of benzene rings is 3. The molecular weight excluding hydrogens is 448 g/mol. The molecule has 1 aliphatic heterocycles. The van der Waals surface area contributed by atoms with Gasteiger partial charge in [-0.3, -0.25) is 4.72 Å². The van der Waals surface area contributed by atoms with Crippen molar-refractivity contribution in [2.75, 3.05) is 17.1 Å². The molecule has 0 aromatic heterocycles. The number of anilines is 2. The fourth-order valence-electron chi connectivity index (χ4n) is 5.14. The Kier molecular flexibility index (Phi) is 5.52. The summed E-state index contributed by atoms with van der Waals surface area (Å²) in [5.41, 5.74) is 5.23. The van der Waals surface area contributed by atoms with Crippen molar-refractivity contribution in [3.63, 3.8) is 0 Å². The quantitative estimate of drug-likeness (QED) is 0.415. The van der Waals surface area contributed by atoms with Crippen molar-refractivity contribution in [1.29, 1.82) is 0 Å². The highest BCUT2D eigenvalue weighted by Gasteiger charge is 2.38. The molecule has 0 saturated carbocycles. The number of sulfonamides is 1. The fraction of sp³-hybridized carbons (Fsp3) is 0.259. The molecule has 34 heavy (non-hydrogen) atoms. The molecule has 5 rings (SSSR count). The first-order valence-corrected chi connectivity index (χ1v) is 12.8. The molecule has 7 heteroatoms. The zero-order valence-corrected chi connectivity index (χ0v) is 20.2. The van der Waals surface area contributed by atoms with Gasteiger partial charge < -0.3 is 15.2 Å². The Hall–Kier alpha value is -3.45. The van der Waals surface area contributed by atoms with Gasteiger partial charge in [-0.2, -0.15) is 0 Å². The molecule has 3 unspecified atom stereocenters. The lowest BCUT2D eigenvalue weighted by Crippen LogP contribution is -2.29. The highest BCUT2D eigenvalue weighted by Crippen LogP contribution is 2.50. The lowest BCUT2D eigenvalue weighted by Gasteiger charge is -2.37.